The lowest BCUT2D eigenvalue weighted by Crippen LogP contribution is -1.89. The molecule has 1 heteroatoms. The van der Waals surface area contributed by atoms with Gasteiger partial charge >= 0.3 is 0 Å². The van der Waals surface area contributed by atoms with Gasteiger partial charge < -0.3 is 5.32 Å². The summed E-state index contributed by atoms with van der Waals surface area (Å²) in [4.78, 5) is 0. The molecular formula is C12H19N. The summed E-state index contributed by atoms with van der Waals surface area (Å²) in [5.74, 6) is 0. The summed E-state index contributed by atoms with van der Waals surface area (Å²) in [6.45, 7) is 5.89. The van der Waals surface area contributed by atoms with Crippen LogP contribution in [0.1, 0.15) is 18.1 Å². The number of nitrogens with one attached hydrogen (secondary N) is 1. The van der Waals surface area contributed by atoms with Crippen LogP contribution in [0.5, 0.6) is 0 Å². The smallest absolute Gasteiger partial charge is 0.0167 e. The molecule has 1 aromatic rings. The Balaban J connectivity index is 0.000000424. The van der Waals surface area contributed by atoms with E-state index in [1.807, 2.05) is 26.2 Å². The molecule has 0 radical (unpaired) electrons. The van der Waals surface area contributed by atoms with Crippen LogP contribution in [0.2, 0.25) is 0 Å². The zero-order valence-electron chi connectivity index (χ0n) is 8.80. The van der Waals surface area contributed by atoms with Crippen LogP contribution in [-0.2, 0) is 6.42 Å². The third kappa shape index (κ3) is 4.48. The van der Waals surface area contributed by atoms with Crippen molar-refractivity contribution in [3.05, 3.63) is 42.0 Å². The third-order valence-electron chi connectivity index (χ3n) is 1.66. The summed E-state index contributed by atoms with van der Waals surface area (Å²) >= 11 is 0. The van der Waals surface area contributed by atoms with E-state index in [4.69, 9.17) is 0 Å². The summed E-state index contributed by atoms with van der Waals surface area (Å²) in [6.07, 6.45) is 2.99. The minimum Gasteiger partial charge on any atom is -0.323 e. The molecule has 0 fully saturated rings. The molecule has 0 bridgehead atoms. The Morgan fingerprint density at radius 1 is 1.31 bits per heavy atom. The molecule has 0 aliphatic carbocycles. The fourth-order valence-corrected chi connectivity index (χ4v) is 1.06. The zero-order chi connectivity index (χ0) is 10.1. The van der Waals surface area contributed by atoms with E-state index < -0.39 is 0 Å². The molecule has 0 aliphatic heterocycles. The lowest BCUT2D eigenvalue weighted by molar-refractivity contribution is 1.02. The first kappa shape index (κ1) is 11.9. The topological polar surface area (TPSA) is 12.0 Å². The molecule has 0 saturated carbocycles. The number of rotatable bonds is 2. The van der Waals surface area contributed by atoms with Gasteiger partial charge in [0.15, 0.2) is 0 Å². The molecule has 1 N–H and O–H groups in total. The predicted molar refractivity (Wildman–Crippen MR) is 60.9 cm³/mol. The molecule has 0 saturated heterocycles. The van der Waals surface area contributed by atoms with Crippen molar-refractivity contribution in [1.82, 2.24) is 5.32 Å². The van der Waals surface area contributed by atoms with Crippen LogP contribution in [0.25, 0.3) is 6.08 Å². The Bertz CT molecular complexity index is 241. The van der Waals surface area contributed by atoms with Crippen LogP contribution in [-0.4, -0.2) is 14.1 Å². The Hall–Kier alpha value is -1.08. The van der Waals surface area contributed by atoms with E-state index >= 15 is 0 Å². The highest BCUT2D eigenvalue weighted by atomic mass is 14.7. The van der Waals surface area contributed by atoms with E-state index in [-0.39, 0.29) is 0 Å². The summed E-state index contributed by atoms with van der Waals surface area (Å²) in [6, 6.07) is 8.32. The van der Waals surface area contributed by atoms with E-state index in [2.05, 4.69) is 37.0 Å². The van der Waals surface area contributed by atoms with Crippen molar-refractivity contribution in [3.8, 4) is 0 Å². The normalized spacial score (nSPS) is 8.54. The van der Waals surface area contributed by atoms with Gasteiger partial charge in [0.1, 0.15) is 0 Å². The molecule has 0 aliphatic rings. The quantitative estimate of drug-likeness (QED) is 0.732. The first-order valence-corrected chi connectivity index (χ1v) is 4.58. The number of benzene rings is 1. The standard InChI is InChI=1S/C10H12.C2H7N/c1-3-9-7-5-6-8-10(9)4-2;1-3-2/h3,5-8H,1,4H2,2H3;3H,1-2H3. The maximum absolute atomic E-state index is 3.74. The molecule has 1 nitrogen and oxygen atoms in total. The van der Waals surface area contributed by atoms with Gasteiger partial charge in [0, 0.05) is 0 Å². The van der Waals surface area contributed by atoms with Gasteiger partial charge in [-0.25, -0.2) is 0 Å². The summed E-state index contributed by atoms with van der Waals surface area (Å²) < 4.78 is 0. The molecule has 72 valence electrons. The Kier molecular flexibility index (Phi) is 6.93. The highest BCUT2D eigenvalue weighted by Gasteiger charge is 1.91. The van der Waals surface area contributed by atoms with Crippen molar-refractivity contribution in [3.63, 3.8) is 0 Å². The second-order valence-electron chi connectivity index (χ2n) is 2.76. The van der Waals surface area contributed by atoms with Gasteiger partial charge in [-0.15, -0.1) is 0 Å². The fourth-order valence-electron chi connectivity index (χ4n) is 1.06. The van der Waals surface area contributed by atoms with E-state index in [9.17, 15) is 0 Å². The van der Waals surface area contributed by atoms with Crippen LogP contribution >= 0.6 is 0 Å². The minimum atomic E-state index is 1.09. The van der Waals surface area contributed by atoms with Gasteiger partial charge in [0.2, 0.25) is 0 Å². The van der Waals surface area contributed by atoms with Gasteiger partial charge in [-0.05, 0) is 31.6 Å². The van der Waals surface area contributed by atoms with Crippen LogP contribution in [0, 0.1) is 0 Å². The molecule has 1 aromatic carbocycles. The maximum atomic E-state index is 3.74. The van der Waals surface area contributed by atoms with Gasteiger partial charge in [0.05, 0.1) is 0 Å². The number of hydrogen-bond donors (Lipinski definition) is 1. The zero-order valence-corrected chi connectivity index (χ0v) is 8.80. The molecule has 0 amide bonds. The highest BCUT2D eigenvalue weighted by molar-refractivity contribution is 5.51. The largest absolute Gasteiger partial charge is 0.323 e. The molecule has 13 heavy (non-hydrogen) atoms. The Labute approximate surface area is 81.5 Å². The second kappa shape index (κ2) is 7.56. The Morgan fingerprint density at radius 3 is 2.23 bits per heavy atom. The first-order valence-electron chi connectivity index (χ1n) is 4.58. The van der Waals surface area contributed by atoms with Crippen molar-refractivity contribution in [2.75, 3.05) is 14.1 Å². The van der Waals surface area contributed by atoms with Crippen LogP contribution < -0.4 is 5.32 Å². The summed E-state index contributed by atoms with van der Waals surface area (Å²) in [7, 11) is 3.75. The average Bonchev–Trinajstić information content (AvgIpc) is 2.19. The number of aryl methyl sites for hydroxylation is 1. The summed E-state index contributed by atoms with van der Waals surface area (Å²) in [5.41, 5.74) is 2.63. The van der Waals surface area contributed by atoms with Gasteiger partial charge in [-0.1, -0.05) is 43.8 Å². The SMILES string of the molecule is C=Cc1ccccc1CC.CNC. The molecule has 0 aromatic heterocycles. The van der Waals surface area contributed by atoms with E-state index in [0.717, 1.165) is 6.42 Å². The second-order valence-corrected chi connectivity index (χ2v) is 2.76. The summed E-state index contributed by atoms with van der Waals surface area (Å²) in [5, 5.41) is 2.75. The van der Waals surface area contributed by atoms with Crippen molar-refractivity contribution in [2.24, 2.45) is 0 Å². The van der Waals surface area contributed by atoms with E-state index in [1.165, 1.54) is 11.1 Å². The van der Waals surface area contributed by atoms with E-state index in [0.29, 0.717) is 0 Å². The van der Waals surface area contributed by atoms with Crippen molar-refractivity contribution in [2.45, 2.75) is 13.3 Å². The number of hydrogen-bond acceptors (Lipinski definition) is 1. The first-order chi connectivity index (χ1) is 6.29. The van der Waals surface area contributed by atoms with Crippen LogP contribution in [0.3, 0.4) is 0 Å². The lowest BCUT2D eigenvalue weighted by atomic mass is 10.1. The van der Waals surface area contributed by atoms with Crippen LogP contribution in [0.4, 0.5) is 0 Å². The fraction of sp³-hybridized carbons (Fsp3) is 0.333. The molecule has 1 rings (SSSR count). The van der Waals surface area contributed by atoms with Gasteiger partial charge in [0.25, 0.3) is 0 Å². The highest BCUT2D eigenvalue weighted by Crippen LogP contribution is 2.09. The predicted octanol–water partition coefficient (Wildman–Crippen LogP) is 2.73. The third-order valence-corrected chi connectivity index (χ3v) is 1.66. The van der Waals surface area contributed by atoms with Crippen molar-refractivity contribution >= 4 is 6.08 Å². The molecular weight excluding hydrogens is 158 g/mol. The molecule has 0 heterocycles. The molecule has 0 unspecified atom stereocenters. The van der Waals surface area contributed by atoms with Crippen molar-refractivity contribution < 1.29 is 0 Å². The molecule has 0 atom stereocenters. The van der Waals surface area contributed by atoms with Crippen LogP contribution in [0.15, 0.2) is 30.8 Å². The maximum Gasteiger partial charge on any atom is -0.0167 e. The monoisotopic (exact) mass is 177 g/mol. The van der Waals surface area contributed by atoms with E-state index in [1.54, 1.807) is 0 Å². The van der Waals surface area contributed by atoms with Crippen molar-refractivity contribution in [1.29, 1.82) is 0 Å². The lowest BCUT2D eigenvalue weighted by Gasteiger charge is -1.99. The minimum absolute atomic E-state index is 1.09. The Morgan fingerprint density at radius 2 is 1.85 bits per heavy atom. The average molecular weight is 177 g/mol. The molecule has 0 spiro atoms. The van der Waals surface area contributed by atoms with Gasteiger partial charge in [-0.2, -0.15) is 0 Å². The van der Waals surface area contributed by atoms with Gasteiger partial charge in [-0.3, -0.25) is 0 Å².